The summed E-state index contributed by atoms with van der Waals surface area (Å²) >= 11 is 1.64. The van der Waals surface area contributed by atoms with Crippen LogP contribution in [0.15, 0.2) is 11.6 Å². The Bertz CT molecular complexity index is 517. The van der Waals surface area contributed by atoms with Crippen molar-refractivity contribution in [3.63, 3.8) is 0 Å². The van der Waals surface area contributed by atoms with Gasteiger partial charge in [-0.1, -0.05) is 0 Å². The minimum atomic E-state index is 0.610. The lowest BCUT2D eigenvalue weighted by Gasteiger charge is -2.23. The van der Waals surface area contributed by atoms with E-state index in [0.29, 0.717) is 19.8 Å². The molecule has 2 heterocycles. The maximum absolute atomic E-state index is 5.74. The van der Waals surface area contributed by atoms with Crippen LogP contribution < -0.4 is 10.6 Å². The van der Waals surface area contributed by atoms with E-state index in [1.165, 1.54) is 0 Å². The van der Waals surface area contributed by atoms with E-state index in [0.717, 1.165) is 36.0 Å². The van der Waals surface area contributed by atoms with E-state index in [1.54, 1.807) is 25.6 Å². The Morgan fingerprint density at radius 2 is 2.00 bits per heavy atom. The van der Waals surface area contributed by atoms with Crippen LogP contribution in [0.3, 0.4) is 0 Å². The maximum Gasteiger partial charge on any atom is 0.195 e. The summed E-state index contributed by atoms with van der Waals surface area (Å²) in [4.78, 5) is 7.95. The molecule has 0 saturated heterocycles. The molecule has 2 aromatic heterocycles. The summed E-state index contributed by atoms with van der Waals surface area (Å²) < 4.78 is 12.5. The Kier molecular flexibility index (Phi) is 5.78. The minimum absolute atomic E-state index is 0.610. The molecule has 0 bridgehead atoms. The van der Waals surface area contributed by atoms with Gasteiger partial charge in [0.1, 0.15) is 0 Å². The van der Waals surface area contributed by atoms with Crippen molar-refractivity contribution in [2.75, 3.05) is 52.0 Å². The smallest absolute Gasteiger partial charge is 0.195 e. The molecule has 0 amide bonds. The van der Waals surface area contributed by atoms with Crippen LogP contribution in [0.4, 0.5) is 5.82 Å². The Hall–Kier alpha value is -1.15. The first kappa shape index (κ1) is 15.2. The molecule has 112 valence electrons. The number of hydrogen-bond acceptors (Lipinski definition) is 6. The number of thiazole rings is 1. The number of aromatic nitrogens is 2. The minimum Gasteiger partial charge on any atom is -0.383 e. The molecule has 0 unspecified atom stereocenters. The number of methoxy groups -OCH3 is 2. The van der Waals surface area contributed by atoms with Gasteiger partial charge in [0.05, 0.1) is 18.9 Å². The highest BCUT2D eigenvalue weighted by molar-refractivity contribution is 7.15. The standard InChI is InChI=1S/C13H22N4O2S/c1-18-8-5-16(6-9-19-2)12-11(3-4-14)17-7-10-20-13(17)15-12/h7,10H,3-6,8-9,14H2,1-2H3. The highest BCUT2D eigenvalue weighted by Gasteiger charge is 2.18. The van der Waals surface area contributed by atoms with E-state index < -0.39 is 0 Å². The zero-order valence-corrected chi connectivity index (χ0v) is 12.9. The number of fused-ring (bicyclic) bond motifs is 1. The molecule has 0 aliphatic carbocycles. The van der Waals surface area contributed by atoms with Crippen molar-refractivity contribution in [1.82, 2.24) is 9.38 Å². The molecule has 6 nitrogen and oxygen atoms in total. The monoisotopic (exact) mass is 298 g/mol. The number of nitrogens with zero attached hydrogens (tertiary/aromatic N) is 3. The second-order valence-corrected chi connectivity index (χ2v) is 5.32. The van der Waals surface area contributed by atoms with E-state index >= 15 is 0 Å². The van der Waals surface area contributed by atoms with Crippen LogP contribution >= 0.6 is 11.3 Å². The van der Waals surface area contributed by atoms with E-state index in [1.807, 2.05) is 11.6 Å². The molecule has 2 aromatic rings. The normalized spacial score (nSPS) is 11.3. The van der Waals surface area contributed by atoms with Crippen LogP contribution in [0.5, 0.6) is 0 Å². The van der Waals surface area contributed by atoms with Gasteiger partial charge in [0.25, 0.3) is 0 Å². The third-order valence-electron chi connectivity index (χ3n) is 3.15. The van der Waals surface area contributed by atoms with Crippen molar-refractivity contribution in [2.45, 2.75) is 6.42 Å². The van der Waals surface area contributed by atoms with Gasteiger partial charge < -0.3 is 20.1 Å². The fourth-order valence-corrected chi connectivity index (χ4v) is 2.90. The first-order valence-electron chi connectivity index (χ1n) is 6.69. The zero-order valence-electron chi connectivity index (χ0n) is 12.0. The summed E-state index contributed by atoms with van der Waals surface area (Å²) in [5, 5.41) is 2.04. The predicted octanol–water partition coefficient (Wildman–Crippen LogP) is 0.996. The van der Waals surface area contributed by atoms with Crippen LogP contribution in [0, 0.1) is 0 Å². The van der Waals surface area contributed by atoms with Gasteiger partial charge in [-0.3, -0.25) is 4.40 Å². The van der Waals surface area contributed by atoms with Crippen molar-refractivity contribution < 1.29 is 9.47 Å². The predicted molar refractivity (Wildman–Crippen MR) is 81.8 cm³/mol. The van der Waals surface area contributed by atoms with Crippen LogP contribution in [-0.4, -0.2) is 56.5 Å². The van der Waals surface area contributed by atoms with Crippen molar-refractivity contribution in [3.8, 4) is 0 Å². The first-order chi connectivity index (χ1) is 9.81. The summed E-state index contributed by atoms with van der Waals surface area (Å²) in [7, 11) is 3.42. The number of ether oxygens (including phenoxy) is 2. The van der Waals surface area contributed by atoms with E-state index in [2.05, 4.69) is 9.30 Å². The van der Waals surface area contributed by atoms with Gasteiger partial charge in [0, 0.05) is 45.3 Å². The van der Waals surface area contributed by atoms with Gasteiger partial charge >= 0.3 is 0 Å². The Morgan fingerprint density at radius 1 is 1.30 bits per heavy atom. The van der Waals surface area contributed by atoms with Gasteiger partial charge in [0.15, 0.2) is 10.8 Å². The molecule has 2 N–H and O–H groups in total. The summed E-state index contributed by atoms with van der Waals surface area (Å²) in [5.41, 5.74) is 6.91. The van der Waals surface area contributed by atoms with Crippen LogP contribution in [0.2, 0.25) is 0 Å². The average Bonchev–Trinajstić information content (AvgIpc) is 3.02. The van der Waals surface area contributed by atoms with Gasteiger partial charge in [-0.2, -0.15) is 0 Å². The largest absolute Gasteiger partial charge is 0.383 e. The molecule has 20 heavy (non-hydrogen) atoms. The van der Waals surface area contributed by atoms with Crippen LogP contribution in [0.1, 0.15) is 5.69 Å². The number of rotatable bonds is 9. The molecule has 0 saturated carbocycles. The molecule has 0 radical (unpaired) electrons. The van der Waals surface area contributed by atoms with E-state index in [4.69, 9.17) is 20.2 Å². The van der Waals surface area contributed by atoms with Gasteiger partial charge in [-0.05, 0) is 6.54 Å². The molecule has 0 aliphatic heterocycles. The number of imidazole rings is 1. The Balaban J connectivity index is 2.29. The molecule has 2 rings (SSSR count). The van der Waals surface area contributed by atoms with Crippen molar-refractivity contribution in [1.29, 1.82) is 0 Å². The molecule has 0 fully saturated rings. The molecule has 0 aromatic carbocycles. The Morgan fingerprint density at radius 3 is 2.60 bits per heavy atom. The SMILES string of the molecule is COCCN(CCOC)c1nc2sccn2c1CCN. The Labute approximate surface area is 123 Å². The second-order valence-electron chi connectivity index (χ2n) is 4.45. The molecular weight excluding hydrogens is 276 g/mol. The second kappa shape index (κ2) is 7.58. The summed E-state index contributed by atoms with van der Waals surface area (Å²) in [5.74, 6) is 0.997. The molecule has 0 spiro atoms. The first-order valence-corrected chi connectivity index (χ1v) is 7.57. The highest BCUT2D eigenvalue weighted by atomic mass is 32.1. The fourth-order valence-electron chi connectivity index (χ4n) is 2.17. The maximum atomic E-state index is 5.74. The van der Waals surface area contributed by atoms with Gasteiger partial charge in [-0.15, -0.1) is 11.3 Å². The number of nitrogens with two attached hydrogens (primary N) is 1. The number of anilines is 1. The van der Waals surface area contributed by atoms with E-state index in [9.17, 15) is 0 Å². The summed E-state index contributed by atoms with van der Waals surface area (Å²) in [6.45, 7) is 3.53. The molecule has 0 atom stereocenters. The third kappa shape index (κ3) is 3.29. The third-order valence-corrected chi connectivity index (χ3v) is 3.91. The summed E-state index contributed by atoms with van der Waals surface area (Å²) in [6, 6.07) is 0. The molecular formula is C13H22N4O2S. The van der Waals surface area contributed by atoms with Gasteiger partial charge in [0.2, 0.25) is 0 Å². The molecule has 7 heteroatoms. The zero-order chi connectivity index (χ0) is 14.4. The van der Waals surface area contributed by atoms with E-state index in [-0.39, 0.29) is 0 Å². The van der Waals surface area contributed by atoms with Crippen molar-refractivity contribution >= 4 is 22.1 Å². The number of hydrogen-bond donors (Lipinski definition) is 1. The fraction of sp³-hybridized carbons (Fsp3) is 0.615. The van der Waals surface area contributed by atoms with Crippen molar-refractivity contribution in [2.24, 2.45) is 5.73 Å². The highest BCUT2D eigenvalue weighted by Crippen LogP contribution is 2.24. The lowest BCUT2D eigenvalue weighted by Crippen LogP contribution is -2.32. The van der Waals surface area contributed by atoms with Crippen molar-refractivity contribution in [3.05, 3.63) is 17.3 Å². The lowest BCUT2D eigenvalue weighted by atomic mass is 10.3. The quantitative estimate of drug-likeness (QED) is 0.748. The van der Waals surface area contributed by atoms with Crippen LogP contribution in [-0.2, 0) is 15.9 Å². The topological polar surface area (TPSA) is 65.0 Å². The van der Waals surface area contributed by atoms with Gasteiger partial charge in [-0.25, -0.2) is 4.98 Å². The summed E-state index contributed by atoms with van der Waals surface area (Å²) in [6.07, 6.45) is 2.86. The molecule has 0 aliphatic rings. The lowest BCUT2D eigenvalue weighted by molar-refractivity contribution is 0.190. The van der Waals surface area contributed by atoms with Crippen LogP contribution in [0.25, 0.3) is 4.96 Å². The average molecular weight is 298 g/mol.